The minimum atomic E-state index is -4.25. The van der Waals surface area contributed by atoms with Crippen molar-refractivity contribution < 1.29 is 17.9 Å². The minimum Gasteiger partial charge on any atom is -0.372 e. The summed E-state index contributed by atoms with van der Waals surface area (Å²) in [5.41, 5.74) is 1.05. The van der Waals surface area contributed by atoms with E-state index < -0.39 is 12.8 Å². The van der Waals surface area contributed by atoms with Crippen LogP contribution in [0.25, 0.3) is 0 Å². The number of hydrogen-bond acceptors (Lipinski definition) is 3. The van der Waals surface area contributed by atoms with Crippen molar-refractivity contribution in [1.82, 2.24) is 14.9 Å². The molecule has 0 aromatic carbocycles. The summed E-state index contributed by atoms with van der Waals surface area (Å²) in [6, 6.07) is 0. The van der Waals surface area contributed by atoms with Gasteiger partial charge in [-0.1, -0.05) is 6.92 Å². The Morgan fingerprint density at radius 1 is 1.40 bits per heavy atom. The van der Waals surface area contributed by atoms with E-state index in [1.807, 2.05) is 11.5 Å². The third-order valence-electron chi connectivity index (χ3n) is 2.81. The predicted molar refractivity (Wildman–Crippen MR) is 70.5 cm³/mol. The molecule has 0 aliphatic heterocycles. The molecule has 0 bridgehead atoms. The first kappa shape index (κ1) is 17.0. The van der Waals surface area contributed by atoms with E-state index in [1.165, 1.54) is 0 Å². The van der Waals surface area contributed by atoms with Crippen LogP contribution in [0, 0.1) is 6.92 Å². The molecule has 4 nitrogen and oxygen atoms in total. The van der Waals surface area contributed by atoms with Gasteiger partial charge in [0, 0.05) is 25.9 Å². The second-order valence-electron chi connectivity index (χ2n) is 4.65. The number of imidazole rings is 1. The summed E-state index contributed by atoms with van der Waals surface area (Å²) >= 11 is 0. The molecule has 1 heterocycles. The normalized spacial score (nSPS) is 12.1. The molecular formula is C13H22F3N3O. The number of ether oxygens (including phenoxy) is 1. The Balaban J connectivity index is 2.33. The first-order valence-corrected chi connectivity index (χ1v) is 6.80. The zero-order valence-corrected chi connectivity index (χ0v) is 12.0. The second-order valence-corrected chi connectivity index (χ2v) is 4.65. The van der Waals surface area contributed by atoms with Gasteiger partial charge >= 0.3 is 6.18 Å². The number of aryl methyl sites for hydroxylation is 1. The van der Waals surface area contributed by atoms with Crippen molar-refractivity contribution in [3.8, 4) is 0 Å². The lowest BCUT2D eigenvalue weighted by atomic mass is 10.3. The van der Waals surface area contributed by atoms with Crippen molar-refractivity contribution in [3.05, 3.63) is 17.7 Å². The van der Waals surface area contributed by atoms with E-state index in [0.717, 1.165) is 31.0 Å². The van der Waals surface area contributed by atoms with E-state index >= 15 is 0 Å². The van der Waals surface area contributed by atoms with Crippen molar-refractivity contribution in [2.24, 2.45) is 0 Å². The highest BCUT2D eigenvalue weighted by Gasteiger charge is 2.27. The SMILES string of the molecule is CCCNCc1cnc(C)n1CCCOCC(F)(F)F. The molecular weight excluding hydrogens is 271 g/mol. The first-order valence-electron chi connectivity index (χ1n) is 6.80. The summed E-state index contributed by atoms with van der Waals surface area (Å²) in [5, 5.41) is 3.29. The first-order chi connectivity index (χ1) is 9.44. The Hall–Kier alpha value is -1.08. The highest BCUT2D eigenvalue weighted by Crippen LogP contribution is 2.14. The molecule has 0 aliphatic carbocycles. The summed E-state index contributed by atoms with van der Waals surface area (Å²) in [6.45, 7) is 5.16. The van der Waals surface area contributed by atoms with Gasteiger partial charge in [-0.05, 0) is 26.3 Å². The summed E-state index contributed by atoms with van der Waals surface area (Å²) in [7, 11) is 0. The molecule has 1 N–H and O–H groups in total. The Labute approximate surface area is 117 Å². The van der Waals surface area contributed by atoms with Gasteiger partial charge in [0.05, 0.1) is 5.69 Å². The quantitative estimate of drug-likeness (QED) is 0.711. The van der Waals surface area contributed by atoms with Crippen LogP contribution in [-0.2, 0) is 17.8 Å². The zero-order valence-electron chi connectivity index (χ0n) is 12.0. The Morgan fingerprint density at radius 2 is 2.15 bits per heavy atom. The van der Waals surface area contributed by atoms with Crippen LogP contribution in [0.1, 0.15) is 31.3 Å². The predicted octanol–water partition coefficient (Wildman–Crippen LogP) is 2.66. The van der Waals surface area contributed by atoms with E-state index in [9.17, 15) is 13.2 Å². The van der Waals surface area contributed by atoms with Crippen LogP contribution in [0.15, 0.2) is 6.20 Å². The van der Waals surface area contributed by atoms with Gasteiger partial charge in [-0.25, -0.2) is 4.98 Å². The molecule has 20 heavy (non-hydrogen) atoms. The molecule has 0 atom stereocenters. The van der Waals surface area contributed by atoms with Gasteiger partial charge in [-0.2, -0.15) is 13.2 Å². The maximum atomic E-state index is 11.9. The lowest BCUT2D eigenvalue weighted by Crippen LogP contribution is -2.19. The fourth-order valence-electron chi connectivity index (χ4n) is 1.87. The summed E-state index contributed by atoms with van der Waals surface area (Å²) < 4.78 is 42.3. The Bertz CT molecular complexity index is 391. The molecule has 7 heteroatoms. The molecule has 0 fully saturated rings. The number of nitrogens with one attached hydrogen (secondary N) is 1. The molecule has 0 radical (unpaired) electrons. The average molecular weight is 293 g/mol. The van der Waals surface area contributed by atoms with Gasteiger partial charge in [0.25, 0.3) is 0 Å². The topological polar surface area (TPSA) is 39.1 Å². The molecule has 1 aromatic rings. The maximum Gasteiger partial charge on any atom is 0.411 e. The van der Waals surface area contributed by atoms with Crippen LogP contribution in [-0.4, -0.2) is 35.5 Å². The van der Waals surface area contributed by atoms with Crippen molar-refractivity contribution >= 4 is 0 Å². The van der Waals surface area contributed by atoms with E-state index in [1.54, 1.807) is 6.20 Å². The highest BCUT2D eigenvalue weighted by atomic mass is 19.4. The molecule has 0 aliphatic rings. The van der Waals surface area contributed by atoms with Crippen LogP contribution >= 0.6 is 0 Å². The Morgan fingerprint density at radius 3 is 2.80 bits per heavy atom. The summed E-state index contributed by atoms with van der Waals surface area (Å²) in [5.74, 6) is 0.870. The van der Waals surface area contributed by atoms with Crippen molar-refractivity contribution in [2.45, 2.75) is 46.0 Å². The van der Waals surface area contributed by atoms with Crippen molar-refractivity contribution in [2.75, 3.05) is 19.8 Å². The minimum absolute atomic E-state index is 0.0962. The van der Waals surface area contributed by atoms with Gasteiger partial charge < -0.3 is 14.6 Å². The molecule has 1 rings (SSSR count). The number of aromatic nitrogens is 2. The van der Waals surface area contributed by atoms with E-state index in [2.05, 4.69) is 22.0 Å². The van der Waals surface area contributed by atoms with Crippen molar-refractivity contribution in [3.63, 3.8) is 0 Å². The van der Waals surface area contributed by atoms with E-state index in [0.29, 0.717) is 13.0 Å². The van der Waals surface area contributed by atoms with Gasteiger partial charge in [-0.3, -0.25) is 0 Å². The largest absolute Gasteiger partial charge is 0.411 e. The van der Waals surface area contributed by atoms with Gasteiger partial charge in [0.1, 0.15) is 12.4 Å². The maximum absolute atomic E-state index is 11.9. The van der Waals surface area contributed by atoms with Gasteiger partial charge in [-0.15, -0.1) is 0 Å². The lowest BCUT2D eigenvalue weighted by molar-refractivity contribution is -0.174. The number of halogens is 3. The fourth-order valence-corrected chi connectivity index (χ4v) is 1.87. The van der Waals surface area contributed by atoms with Crippen LogP contribution in [0.2, 0.25) is 0 Å². The third-order valence-corrected chi connectivity index (χ3v) is 2.81. The number of rotatable bonds is 9. The summed E-state index contributed by atoms with van der Waals surface area (Å²) in [6.07, 6.45) is -0.860. The smallest absolute Gasteiger partial charge is 0.372 e. The van der Waals surface area contributed by atoms with Crippen LogP contribution in [0.4, 0.5) is 13.2 Å². The standard InChI is InChI=1S/C13H22F3N3O/c1-3-5-17-8-12-9-18-11(2)19(12)6-4-7-20-10-13(14,15)16/h9,17H,3-8,10H2,1-2H3. The Kier molecular flexibility index (Phi) is 7.01. The molecule has 0 saturated carbocycles. The van der Waals surface area contributed by atoms with Crippen LogP contribution in [0.5, 0.6) is 0 Å². The zero-order chi connectivity index (χ0) is 15.0. The molecule has 0 saturated heterocycles. The average Bonchev–Trinajstić information content (AvgIpc) is 2.70. The van der Waals surface area contributed by atoms with Gasteiger partial charge in [0.15, 0.2) is 0 Å². The lowest BCUT2D eigenvalue weighted by Gasteiger charge is -2.12. The molecule has 0 unspecified atom stereocenters. The molecule has 0 amide bonds. The number of hydrogen-bond donors (Lipinski definition) is 1. The fraction of sp³-hybridized carbons (Fsp3) is 0.769. The second kappa shape index (κ2) is 8.26. The van der Waals surface area contributed by atoms with Crippen LogP contribution < -0.4 is 5.32 Å². The highest BCUT2D eigenvalue weighted by molar-refractivity contribution is 5.04. The summed E-state index contributed by atoms with van der Waals surface area (Å²) in [4.78, 5) is 4.24. The molecule has 116 valence electrons. The van der Waals surface area contributed by atoms with E-state index in [4.69, 9.17) is 0 Å². The van der Waals surface area contributed by atoms with Crippen molar-refractivity contribution in [1.29, 1.82) is 0 Å². The number of nitrogens with zero attached hydrogens (tertiary/aromatic N) is 2. The van der Waals surface area contributed by atoms with E-state index in [-0.39, 0.29) is 6.61 Å². The number of alkyl halides is 3. The molecule has 0 spiro atoms. The van der Waals surface area contributed by atoms with Gasteiger partial charge in [0.2, 0.25) is 0 Å². The monoisotopic (exact) mass is 293 g/mol. The van der Waals surface area contributed by atoms with Crippen LogP contribution in [0.3, 0.4) is 0 Å². The molecule has 1 aromatic heterocycles. The third kappa shape index (κ3) is 6.38.